The highest BCUT2D eigenvalue weighted by Crippen LogP contribution is 2.32. The fourth-order valence-corrected chi connectivity index (χ4v) is 4.22. The van der Waals surface area contributed by atoms with Crippen molar-refractivity contribution in [3.05, 3.63) is 60.2 Å². The van der Waals surface area contributed by atoms with Crippen molar-refractivity contribution < 1.29 is 21.8 Å². The topological polar surface area (TPSA) is 69.7 Å². The SMILES string of the molecule is CC(=O)C(O[Si](C)(C)C)c1ccccc1OS(=O)(=O)c1ccccc1. The Morgan fingerprint density at radius 1 is 0.960 bits per heavy atom. The Morgan fingerprint density at radius 2 is 1.52 bits per heavy atom. The van der Waals surface area contributed by atoms with Crippen LogP contribution in [0, 0.1) is 0 Å². The largest absolute Gasteiger partial charge is 0.404 e. The van der Waals surface area contributed by atoms with Gasteiger partial charge in [0.05, 0.1) is 0 Å². The van der Waals surface area contributed by atoms with Gasteiger partial charge >= 0.3 is 10.1 Å². The second-order valence-electron chi connectivity index (χ2n) is 6.61. The van der Waals surface area contributed by atoms with Gasteiger partial charge in [0.15, 0.2) is 14.1 Å². The molecular formula is C18H22O5SSi. The van der Waals surface area contributed by atoms with Crippen molar-refractivity contribution in [3.63, 3.8) is 0 Å². The highest BCUT2D eigenvalue weighted by atomic mass is 32.2. The number of hydrogen-bond donors (Lipinski definition) is 0. The van der Waals surface area contributed by atoms with Crippen molar-refractivity contribution in [2.24, 2.45) is 0 Å². The summed E-state index contributed by atoms with van der Waals surface area (Å²) in [6.07, 6.45) is -0.853. The van der Waals surface area contributed by atoms with Crippen LogP contribution in [0.25, 0.3) is 0 Å². The molecule has 0 bridgehead atoms. The van der Waals surface area contributed by atoms with Crippen molar-refractivity contribution in [1.29, 1.82) is 0 Å². The summed E-state index contributed by atoms with van der Waals surface area (Å²) in [5.41, 5.74) is 0.414. The van der Waals surface area contributed by atoms with E-state index in [4.69, 9.17) is 8.61 Å². The molecule has 2 aromatic rings. The molecule has 1 atom stereocenters. The van der Waals surface area contributed by atoms with E-state index in [2.05, 4.69) is 0 Å². The molecule has 0 aliphatic carbocycles. The van der Waals surface area contributed by atoms with Crippen LogP contribution in [0.3, 0.4) is 0 Å². The maximum Gasteiger partial charge on any atom is 0.339 e. The number of Topliss-reactive ketones (excluding diaryl/α,β-unsaturated/α-hetero) is 1. The molecule has 0 radical (unpaired) electrons. The first-order chi connectivity index (χ1) is 11.6. The second kappa shape index (κ2) is 7.51. The van der Waals surface area contributed by atoms with E-state index in [1.165, 1.54) is 25.1 Å². The van der Waals surface area contributed by atoms with E-state index >= 15 is 0 Å². The minimum Gasteiger partial charge on any atom is -0.404 e. The molecule has 0 N–H and O–H groups in total. The molecule has 0 fully saturated rings. The summed E-state index contributed by atoms with van der Waals surface area (Å²) in [5, 5.41) is 0. The number of ketones is 1. The van der Waals surface area contributed by atoms with Gasteiger partial charge in [0.1, 0.15) is 16.7 Å². The Bertz CT molecular complexity index is 841. The molecule has 0 aromatic heterocycles. The Kier molecular flexibility index (Phi) is 5.82. The van der Waals surface area contributed by atoms with Gasteiger partial charge in [0.25, 0.3) is 0 Å². The summed E-state index contributed by atoms with van der Waals surface area (Å²) >= 11 is 0. The first kappa shape index (κ1) is 19.4. The zero-order chi connectivity index (χ0) is 18.7. The third-order valence-electron chi connectivity index (χ3n) is 3.27. The molecule has 0 saturated carbocycles. The third kappa shape index (κ3) is 5.25. The highest BCUT2D eigenvalue weighted by Gasteiger charge is 2.29. The van der Waals surface area contributed by atoms with Crippen molar-refractivity contribution in [2.75, 3.05) is 0 Å². The number of hydrogen-bond acceptors (Lipinski definition) is 5. The minimum atomic E-state index is -3.99. The number of carbonyl (C=O) groups is 1. The molecule has 2 rings (SSSR count). The first-order valence-electron chi connectivity index (χ1n) is 7.87. The van der Waals surface area contributed by atoms with E-state index in [1.54, 1.807) is 36.4 Å². The molecule has 5 nitrogen and oxygen atoms in total. The number of benzene rings is 2. The summed E-state index contributed by atoms with van der Waals surface area (Å²) in [7, 11) is -6.03. The summed E-state index contributed by atoms with van der Waals surface area (Å²) in [6, 6.07) is 14.4. The molecule has 2 aromatic carbocycles. The van der Waals surface area contributed by atoms with Gasteiger partial charge in [-0.05, 0) is 44.8 Å². The fraction of sp³-hybridized carbons (Fsp3) is 0.278. The third-order valence-corrected chi connectivity index (χ3v) is 5.46. The molecule has 0 aliphatic rings. The molecule has 0 heterocycles. The Morgan fingerprint density at radius 3 is 2.08 bits per heavy atom. The van der Waals surface area contributed by atoms with Gasteiger partial charge in [0.2, 0.25) is 0 Å². The van der Waals surface area contributed by atoms with Gasteiger partial charge in [0, 0.05) is 5.56 Å². The quantitative estimate of drug-likeness (QED) is 0.539. The number of para-hydroxylation sites is 1. The van der Waals surface area contributed by atoms with Crippen LogP contribution in [-0.2, 0) is 19.3 Å². The van der Waals surface area contributed by atoms with E-state index in [0.29, 0.717) is 5.56 Å². The summed E-state index contributed by atoms with van der Waals surface area (Å²) in [4.78, 5) is 12.2. The average Bonchev–Trinajstić information content (AvgIpc) is 2.53. The molecule has 0 amide bonds. The lowest BCUT2D eigenvalue weighted by Gasteiger charge is -2.26. The van der Waals surface area contributed by atoms with E-state index in [0.717, 1.165) is 0 Å². The second-order valence-corrected chi connectivity index (χ2v) is 12.6. The Labute approximate surface area is 149 Å². The lowest BCUT2D eigenvalue weighted by Crippen LogP contribution is -2.31. The molecule has 0 saturated heterocycles. The van der Waals surface area contributed by atoms with E-state index < -0.39 is 24.5 Å². The lowest BCUT2D eigenvalue weighted by atomic mass is 10.1. The van der Waals surface area contributed by atoms with Gasteiger partial charge in [-0.1, -0.05) is 36.4 Å². The molecular weight excluding hydrogens is 356 g/mol. The van der Waals surface area contributed by atoms with Crippen LogP contribution in [0.4, 0.5) is 0 Å². The normalized spacial score (nSPS) is 13.3. The molecule has 134 valence electrons. The van der Waals surface area contributed by atoms with E-state index in [1.807, 2.05) is 19.6 Å². The molecule has 0 spiro atoms. The maximum absolute atomic E-state index is 12.5. The number of rotatable bonds is 7. The standard InChI is InChI=1S/C18H22O5SSi/c1-14(19)18(23-25(2,3)4)16-12-8-9-13-17(16)22-24(20,21)15-10-6-5-7-11-15/h5-13,18H,1-4H3. The lowest BCUT2D eigenvalue weighted by molar-refractivity contribution is -0.124. The predicted molar refractivity (Wildman–Crippen MR) is 98.6 cm³/mol. The average molecular weight is 379 g/mol. The molecule has 0 aliphatic heterocycles. The molecule has 7 heteroatoms. The van der Waals surface area contributed by atoms with Crippen molar-refractivity contribution in [2.45, 2.75) is 37.6 Å². The van der Waals surface area contributed by atoms with Gasteiger partial charge in [-0.15, -0.1) is 0 Å². The van der Waals surface area contributed by atoms with Crippen LogP contribution in [0.2, 0.25) is 19.6 Å². The van der Waals surface area contributed by atoms with Gasteiger partial charge in [-0.3, -0.25) is 4.79 Å². The smallest absolute Gasteiger partial charge is 0.339 e. The van der Waals surface area contributed by atoms with Crippen LogP contribution >= 0.6 is 0 Å². The monoisotopic (exact) mass is 378 g/mol. The van der Waals surface area contributed by atoms with Crippen LogP contribution < -0.4 is 4.18 Å². The van der Waals surface area contributed by atoms with E-state index in [9.17, 15) is 13.2 Å². The van der Waals surface area contributed by atoms with Crippen LogP contribution in [0.5, 0.6) is 5.75 Å². The summed E-state index contributed by atoms with van der Waals surface area (Å²) < 4.78 is 36.3. The highest BCUT2D eigenvalue weighted by molar-refractivity contribution is 7.87. The number of carbonyl (C=O) groups excluding carboxylic acids is 1. The maximum atomic E-state index is 12.5. The Balaban J connectivity index is 2.42. The van der Waals surface area contributed by atoms with Gasteiger partial charge in [-0.25, -0.2) is 0 Å². The van der Waals surface area contributed by atoms with Crippen LogP contribution in [0.15, 0.2) is 59.5 Å². The first-order valence-corrected chi connectivity index (χ1v) is 12.7. The van der Waals surface area contributed by atoms with E-state index in [-0.39, 0.29) is 16.4 Å². The molecule has 25 heavy (non-hydrogen) atoms. The van der Waals surface area contributed by atoms with Crippen LogP contribution in [-0.4, -0.2) is 22.5 Å². The summed E-state index contributed by atoms with van der Waals surface area (Å²) in [5.74, 6) is -0.0969. The Hall–Kier alpha value is -1.96. The van der Waals surface area contributed by atoms with Gasteiger partial charge in [-0.2, -0.15) is 8.42 Å². The van der Waals surface area contributed by atoms with Crippen molar-refractivity contribution in [3.8, 4) is 5.75 Å². The summed E-state index contributed by atoms with van der Waals surface area (Å²) in [6.45, 7) is 7.32. The van der Waals surface area contributed by atoms with Crippen LogP contribution in [0.1, 0.15) is 18.6 Å². The molecule has 1 unspecified atom stereocenters. The fourth-order valence-electron chi connectivity index (χ4n) is 2.25. The minimum absolute atomic E-state index is 0.0512. The zero-order valence-corrected chi connectivity index (χ0v) is 16.5. The van der Waals surface area contributed by atoms with Crippen molar-refractivity contribution in [1.82, 2.24) is 0 Å². The van der Waals surface area contributed by atoms with Gasteiger partial charge < -0.3 is 8.61 Å². The predicted octanol–water partition coefficient (Wildman–Crippen LogP) is 3.94. The zero-order valence-electron chi connectivity index (χ0n) is 14.7. The van der Waals surface area contributed by atoms with Crippen molar-refractivity contribution >= 4 is 24.2 Å².